The molecule has 0 aliphatic carbocycles. The Bertz CT molecular complexity index is 565. The number of alkyl carbamates (subject to hydrolysis) is 1. The minimum atomic E-state index is -0.804. The van der Waals surface area contributed by atoms with E-state index in [-0.39, 0.29) is 0 Å². The average Bonchev–Trinajstić information content (AvgIpc) is 2.36. The highest BCUT2D eigenvalue weighted by molar-refractivity contribution is 5.82. The second kappa shape index (κ2) is 7.69. The van der Waals surface area contributed by atoms with Crippen molar-refractivity contribution in [3.63, 3.8) is 0 Å². The number of esters is 1. The van der Waals surface area contributed by atoms with Crippen molar-refractivity contribution in [2.45, 2.75) is 72.1 Å². The van der Waals surface area contributed by atoms with Gasteiger partial charge in [-0.25, -0.2) is 9.59 Å². The third-order valence-electron chi connectivity index (χ3n) is 2.94. The Labute approximate surface area is 144 Å². The van der Waals surface area contributed by atoms with Crippen molar-refractivity contribution in [2.24, 2.45) is 0 Å². The van der Waals surface area contributed by atoms with Gasteiger partial charge in [0.1, 0.15) is 17.2 Å². The van der Waals surface area contributed by atoms with Crippen LogP contribution in [0.4, 0.5) is 4.79 Å². The first kappa shape index (κ1) is 20.0. The summed E-state index contributed by atoms with van der Waals surface area (Å²) < 4.78 is 10.7. The zero-order valence-corrected chi connectivity index (χ0v) is 15.7. The standard InChI is InChI=1S/C19H29NO4/c1-13-8-10-14(11-9-13)12-15(16(21)23-18(2,3)4)20-17(22)24-19(5,6)7/h8-11,15H,12H2,1-7H3,(H,20,22)/t15-/m0/s1. The molecule has 0 aromatic heterocycles. The van der Waals surface area contributed by atoms with E-state index in [4.69, 9.17) is 9.47 Å². The minimum Gasteiger partial charge on any atom is -0.458 e. The Hall–Kier alpha value is -2.04. The normalized spacial score (nSPS) is 13.1. The van der Waals surface area contributed by atoms with E-state index in [9.17, 15) is 9.59 Å². The van der Waals surface area contributed by atoms with Crippen LogP contribution in [0.15, 0.2) is 24.3 Å². The molecule has 5 nitrogen and oxygen atoms in total. The molecular weight excluding hydrogens is 306 g/mol. The number of hydrogen-bond acceptors (Lipinski definition) is 4. The fourth-order valence-electron chi connectivity index (χ4n) is 1.98. The molecule has 1 rings (SSSR count). The molecule has 1 atom stereocenters. The van der Waals surface area contributed by atoms with Crippen molar-refractivity contribution in [1.82, 2.24) is 5.32 Å². The largest absolute Gasteiger partial charge is 0.458 e. The monoisotopic (exact) mass is 335 g/mol. The van der Waals surface area contributed by atoms with E-state index in [0.717, 1.165) is 11.1 Å². The van der Waals surface area contributed by atoms with E-state index in [1.165, 1.54) is 0 Å². The number of rotatable bonds is 4. The fraction of sp³-hybridized carbons (Fsp3) is 0.579. The molecule has 0 fully saturated rings. The number of ether oxygens (including phenoxy) is 2. The molecular formula is C19H29NO4. The van der Waals surface area contributed by atoms with Gasteiger partial charge in [-0.05, 0) is 54.0 Å². The summed E-state index contributed by atoms with van der Waals surface area (Å²) >= 11 is 0. The smallest absolute Gasteiger partial charge is 0.408 e. The molecule has 0 heterocycles. The summed E-state index contributed by atoms with van der Waals surface area (Å²) in [7, 11) is 0. The van der Waals surface area contributed by atoms with Crippen LogP contribution in [-0.2, 0) is 20.7 Å². The summed E-state index contributed by atoms with van der Waals surface area (Å²) in [4.78, 5) is 24.5. The summed E-state index contributed by atoms with van der Waals surface area (Å²) in [5.41, 5.74) is 0.810. The topological polar surface area (TPSA) is 64.6 Å². The van der Waals surface area contributed by atoms with Crippen LogP contribution in [0.3, 0.4) is 0 Å². The highest BCUT2D eigenvalue weighted by Crippen LogP contribution is 2.13. The molecule has 1 N–H and O–H groups in total. The maximum absolute atomic E-state index is 12.4. The first-order valence-electron chi connectivity index (χ1n) is 8.14. The molecule has 0 unspecified atom stereocenters. The molecule has 134 valence electrons. The Morgan fingerprint density at radius 1 is 0.958 bits per heavy atom. The molecule has 0 aliphatic rings. The van der Waals surface area contributed by atoms with Crippen molar-refractivity contribution in [3.8, 4) is 0 Å². The van der Waals surface area contributed by atoms with E-state index < -0.39 is 29.3 Å². The molecule has 0 saturated carbocycles. The number of nitrogens with one attached hydrogen (secondary N) is 1. The summed E-state index contributed by atoms with van der Waals surface area (Å²) in [6.07, 6.45) is -0.292. The predicted molar refractivity (Wildman–Crippen MR) is 93.9 cm³/mol. The number of amides is 1. The van der Waals surface area contributed by atoms with Gasteiger partial charge in [0.15, 0.2) is 0 Å². The zero-order valence-electron chi connectivity index (χ0n) is 15.7. The van der Waals surface area contributed by atoms with Gasteiger partial charge in [-0.1, -0.05) is 29.8 Å². The van der Waals surface area contributed by atoms with Crippen LogP contribution < -0.4 is 5.32 Å². The Kier molecular flexibility index (Phi) is 6.41. The van der Waals surface area contributed by atoms with Gasteiger partial charge in [0.25, 0.3) is 0 Å². The first-order valence-corrected chi connectivity index (χ1v) is 8.14. The number of benzene rings is 1. The van der Waals surface area contributed by atoms with Crippen LogP contribution in [0, 0.1) is 6.92 Å². The van der Waals surface area contributed by atoms with E-state index in [1.807, 2.05) is 31.2 Å². The van der Waals surface area contributed by atoms with Crippen LogP contribution in [-0.4, -0.2) is 29.3 Å². The van der Waals surface area contributed by atoms with Gasteiger partial charge in [0, 0.05) is 6.42 Å². The maximum Gasteiger partial charge on any atom is 0.408 e. The number of aryl methyl sites for hydroxylation is 1. The van der Waals surface area contributed by atoms with Gasteiger partial charge >= 0.3 is 12.1 Å². The summed E-state index contributed by atoms with van der Waals surface area (Å²) in [5.74, 6) is -0.478. The predicted octanol–water partition coefficient (Wildman–Crippen LogP) is 3.77. The lowest BCUT2D eigenvalue weighted by Crippen LogP contribution is -2.47. The number of carbonyl (C=O) groups excluding carboxylic acids is 2. The number of hydrogen-bond donors (Lipinski definition) is 1. The van der Waals surface area contributed by atoms with Crippen molar-refractivity contribution in [1.29, 1.82) is 0 Å². The van der Waals surface area contributed by atoms with E-state index in [0.29, 0.717) is 6.42 Å². The molecule has 0 saturated heterocycles. The third-order valence-corrected chi connectivity index (χ3v) is 2.94. The Morgan fingerprint density at radius 3 is 1.92 bits per heavy atom. The fourth-order valence-corrected chi connectivity index (χ4v) is 1.98. The lowest BCUT2D eigenvalue weighted by molar-refractivity contribution is -0.157. The average molecular weight is 335 g/mol. The Balaban J connectivity index is 2.88. The van der Waals surface area contributed by atoms with Crippen LogP contribution >= 0.6 is 0 Å². The van der Waals surface area contributed by atoms with E-state index in [1.54, 1.807) is 41.5 Å². The van der Waals surface area contributed by atoms with Gasteiger partial charge in [0.05, 0.1) is 0 Å². The van der Waals surface area contributed by atoms with Crippen LogP contribution in [0.5, 0.6) is 0 Å². The van der Waals surface area contributed by atoms with Gasteiger partial charge < -0.3 is 14.8 Å². The summed E-state index contributed by atoms with van der Waals surface area (Å²) in [6, 6.07) is 7.00. The van der Waals surface area contributed by atoms with Crippen molar-refractivity contribution >= 4 is 12.1 Å². The lowest BCUT2D eigenvalue weighted by Gasteiger charge is -2.26. The molecule has 0 spiro atoms. The highest BCUT2D eigenvalue weighted by atomic mass is 16.6. The van der Waals surface area contributed by atoms with E-state index in [2.05, 4.69) is 5.32 Å². The second-order valence-electron chi connectivity index (χ2n) is 7.92. The zero-order chi connectivity index (χ0) is 18.5. The molecule has 1 aromatic carbocycles. The lowest BCUT2D eigenvalue weighted by atomic mass is 10.0. The minimum absolute atomic E-state index is 0.342. The van der Waals surface area contributed by atoms with Crippen LogP contribution in [0.1, 0.15) is 52.7 Å². The first-order chi connectivity index (χ1) is 10.9. The van der Waals surface area contributed by atoms with Gasteiger partial charge in [0.2, 0.25) is 0 Å². The Morgan fingerprint density at radius 2 is 1.46 bits per heavy atom. The summed E-state index contributed by atoms with van der Waals surface area (Å²) in [6.45, 7) is 12.7. The van der Waals surface area contributed by atoms with Crippen molar-refractivity contribution in [2.75, 3.05) is 0 Å². The molecule has 24 heavy (non-hydrogen) atoms. The number of carbonyl (C=O) groups is 2. The highest BCUT2D eigenvalue weighted by Gasteiger charge is 2.28. The molecule has 0 aliphatic heterocycles. The van der Waals surface area contributed by atoms with E-state index >= 15 is 0 Å². The second-order valence-corrected chi connectivity index (χ2v) is 7.92. The molecule has 1 aromatic rings. The van der Waals surface area contributed by atoms with Crippen molar-refractivity contribution in [3.05, 3.63) is 35.4 Å². The molecule has 5 heteroatoms. The van der Waals surface area contributed by atoms with Crippen LogP contribution in [0.2, 0.25) is 0 Å². The SMILES string of the molecule is Cc1ccc(C[C@H](NC(=O)OC(C)(C)C)C(=O)OC(C)(C)C)cc1. The molecule has 0 radical (unpaired) electrons. The maximum atomic E-state index is 12.4. The molecule has 0 bridgehead atoms. The van der Waals surface area contributed by atoms with Gasteiger partial charge in [-0.3, -0.25) is 0 Å². The van der Waals surface area contributed by atoms with Crippen LogP contribution in [0.25, 0.3) is 0 Å². The third kappa shape index (κ3) is 7.99. The summed E-state index contributed by atoms with van der Waals surface area (Å²) in [5, 5.41) is 2.62. The van der Waals surface area contributed by atoms with Gasteiger partial charge in [-0.2, -0.15) is 0 Å². The van der Waals surface area contributed by atoms with Gasteiger partial charge in [-0.15, -0.1) is 0 Å². The quantitative estimate of drug-likeness (QED) is 0.851. The van der Waals surface area contributed by atoms with Crippen molar-refractivity contribution < 1.29 is 19.1 Å². The molecule has 1 amide bonds.